The third-order valence-corrected chi connectivity index (χ3v) is 3.70. The van der Waals surface area contributed by atoms with Crippen molar-refractivity contribution in [3.05, 3.63) is 82.8 Å². The monoisotopic (exact) mass is 340 g/mol. The van der Waals surface area contributed by atoms with Gasteiger partial charge in [0, 0.05) is 23.0 Å². The van der Waals surface area contributed by atoms with Gasteiger partial charge >= 0.3 is 0 Å². The standard InChI is InChI=1S/C19H14ClFN2O/c20-15-5-3-14-4-8-17(23-18(14)11-15)9-10-19(24)22-12-13-1-6-16(21)7-2-13/h1-11H,12H2,(H,22,24)/b10-9+. The molecule has 0 atom stereocenters. The fourth-order valence-electron chi connectivity index (χ4n) is 2.21. The zero-order valence-corrected chi connectivity index (χ0v) is 13.4. The van der Waals surface area contributed by atoms with Crippen molar-refractivity contribution in [1.29, 1.82) is 0 Å². The van der Waals surface area contributed by atoms with Gasteiger partial charge in [-0.3, -0.25) is 4.79 Å². The van der Waals surface area contributed by atoms with E-state index in [9.17, 15) is 9.18 Å². The molecule has 0 radical (unpaired) electrons. The Kier molecular flexibility index (Phi) is 4.87. The molecule has 1 N–H and O–H groups in total. The van der Waals surface area contributed by atoms with Gasteiger partial charge in [0.2, 0.25) is 5.91 Å². The fraction of sp³-hybridized carbons (Fsp3) is 0.0526. The topological polar surface area (TPSA) is 42.0 Å². The summed E-state index contributed by atoms with van der Waals surface area (Å²) >= 11 is 5.96. The Morgan fingerprint density at radius 2 is 1.88 bits per heavy atom. The van der Waals surface area contributed by atoms with E-state index in [0.29, 0.717) is 17.3 Å². The van der Waals surface area contributed by atoms with E-state index in [1.54, 1.807) is 24.3 Å². The van der Waals surface area contributed by atoms with Crippen molar-refractivity contribution in [3.63, 3.8) is 0 Å². The number of carbonyl (C=O) groups is 1. The summed E-state index contributed by atoms with van der Waals surface area (Å²) < 4.78 is 12.8. The molecule has 0 saturated heterocycles. The second-order valence-electron chi connectivity index (χ2n) is 5.25. The lowest BCUT2D eigenvalue weighted by atomic mass is 10.2. The quantitative estimate of drug-likeness (QED) is 0.717. The first-order valence-electron chi connectivity index (χ1n) is 7.37. The van der Waals surface area contributed by atoms with E-state index in [2.05, 4.69) is 10.3 Å². The third kappa shape index (κ3) is 4.18. The molecule has 1 heterocycles. The predicted octanol–water partition coefficient (Wildman–Crippen LogP) is 4.36. The largest absolute Gasteiger partial charge is 0.348 e. The van der Waals surface area contributed by atoms with Crippen LogP contribution >= 0.6 is 11.6 Å². The molecule has 0 aliphatic carbocycles. The Morgan fingerprint density at radius 3 is 2.67 bits per heavy atom. The minimum atomic E-state index is -0.299. The molecule has 0 aliphatic rings. The lowest BCUT2D eigenvalue weighted by Gasteiger charge is -2.02. The van der Waals surface area contributed by atoms with Crippen LogP contribution in [0.1, 0.15) is 11.3 Å². The van der Waals surface area contributed by atoms with Crippen molar-refractivity contribution in [2.45, 2.75) is 6.54 Å². The summed E-state index contributed by atoms with van der Waals surface area (Å²) in [6, 6.07) is 15.2. The summed E-state index contributed by atoms with van der Waals surface area (Å²) in [5.41, 5.74) is 2.27. The van der Waals surface area contributed by atoms with E-state index in [1.807, 2.05) is 24.3 Å². The van der Waals surface area contributed by atoms with Crippen LogP contribution in [0, 0.1) is 5.82 Å². The normalized spacial score (nSPS) is 11.1. The molecule has 3 aromatic rings. The molecular formula is C19H14ClFN2O. The van der Waals surface area contributed by atoms with Gasteiger partial charge in [-0.2, -0.15) is 0 Å². The highest BCUT2D eigenvalue weighted by Gasteiger charge is 2.00. The smallest absolute Gasteiger partial charge is 0.244 e. The number of nitrogens with zero attached hydrogens (tertiary/aromatic N) is 1. The van der Waals surface area contributed by atoms with E-state index < -0.39 is 0 Å². The lowest BCUT2D eigenvalue weighted by Crippen LogP contribution is -2.20. The third-order valence-electron chi connectivity index (χ3n) is 3.46. The van der Waals surface area contributed by atoms with Crippen LogP contribution in [0.3, 0.4) is 0 Å². The van der Waals surface area contributed by atoms with Crippen LogP contribution in [0.25, 0.3) is 17.0 Å². The summed E-state index contributed by atoms with van der Waals surface area (Å²) in [6.07, 6.45) is 3.06. The molecule has 3 nitrogen and oxygen atoms in total. The van der Waals surface area contributed by atoms with Gasteiger partial charge in [-0.05, 0) is 42.0 Å². The van der Waals surface area contributed by atoms with E-state index >= 15 is 0 Å². The number of hydrogen-bond acceptors (Lipinski definition) is 2. The van der Waals surface area contributed by atoms with Crippen LogP contribution in [0.4, 0.5) is 4.39 Å². The molecule has 0 aliphatic heterocycles. The Balaban J connectivity index is 1.64. The number of nitrogens with one attached hydrogen (secondary N) is 1. The molecular weight excluding hydrogens is 327 g/mol. The Hall–Kier alpha value is -2.72. The number of rotatable bonds is 4. The molecule has 120 valence electrons. The number of halogens is 2. The van der Waals surface area contributed by atoms with Crippen molar-refractivity contribution in [3.8, 4) is 0 Å². The maximum absolute atomic E-state index is 12.8. The van der Waals surface area contributed by atoms with Gasteiger partial charge in [-0.1, -0.05) is 35.9 Å². The predicted molar refractivity (Wildman–Crippen MR) is 94.0 cm³/mol. The number of carbonyl (C=O) groups excluding carboxylic acids is 1. The highest BCUT2D eigenvalue weighted by atomic mass is 35.5. The van der Waals surface area contributed by atoms with Gasteiger partial charge in [-0.15, -0.1) is 0 Å². The lowest BCUT2D eigenvalue weighted by molar-refractivity contribution is -0.116. The van der Waals surface area contributed by atoms with Gasteiger partial charge in [0.15, 0.2) is 0 Å². The summed E-state index contributed by atoms with van der Waals surface area (Å²) in [4.78, 5) is 16.3. The van der Waals surface area contributed by atoms with Crippen molar-refractivity contribution in [2.75, 3.05) is 0 Å². The maximum Gasteiger partial charge on any atom is 0.244 e. The zero-order chi connectivity index (χ0) is 16.9. The molecule has 1 aromatic heterocycles. The first-order valence-corrected chi connectivity index (χ1v) is 7.75. The van der Waals surface area contributed by atoms with Gasteiger partial charge in [0.1, 0.15) is 5.82 Å². The Labute approximate surface area is 143 Å². The minimum Gasteiger partial charge on any atom is -0.348 e. The van der Waals surface area contributed by atoms with Crippen molar-refractivity contribution >= 4 is 34.5 Å². The van der Waals surface area contributed by atoms with Gasteiger partial charge in [-0.25, -0.2) is 9.37 Å². The molecule has 0 spiro atoms. The molecule has 2 aromatic carbocycles. The van der Waals surface area contributed by atoms with Crippen LogP contribution in [-0.4, -0.2) is 10.9 Å². The van der Waals surface area contributed by atoms with E-state index in [4.69, 9.17) is 11.6 Å². The fourth-order valence-corrected chi connectivity index (χ4v) is 2.38. The van der Waals surface area contributed by atoms with Gasteiger partial charge < -0.3 is 5.32 Å². The number of benzene rings is 2. The molecule has 5 heteroatoms. The number of fused-ring (bicyclic) bond motifs is 1. The number of aromatic nitrogens is 1. The molecule has 0 unspecified atom stereocenters. The maximum atomic E-state index is 12.8. The summed E-state index contributed by atoms with van der Waals surface area (Å²) in [7, 11) is 0. The Morgan fingerprint density at radius 1 is 1.12 bits per heavy atom. The minimum absolute atomic E-state index is 0.243. The zero-order valence-electron chi connectivity index (χ0n) is 12.7. The highest BCUT2D eigenvalue weighted by Crippen LogP contribution is 2.18. The van der Waals surface area contributed by atoms with Crippen molar-refractivity contribution < 1.29 is 9.18 Å². The van der Waals surface area contributed by atoms with Gasteiger partial charge in [0.05, 0.1) is 11.2 Å². The number of pyridine rings is 1. The SMILES string of the molecule is O=C(/C=C/c1ccc2ccc(Cl)cc2n1)NCc1ccc(F)cc1. The molecule has 1 amide bonds. The van der Waals surface area contributed by atoms with Crippen LogP contribution < -0.4 is 5.32 Å². The highest BCUT2D eigenvalue weighted by molar-refractivity contribution is 6.31. The van der Waals surface area contributed by atoms with Crippen LogP contribution in [0.5, 0.6) is 0 Å². The van der Waals surface area contributed by atoms with E-state index in [-0.39, 0.29) is 11.7 Å². The number of amides is 1. The number of hydrogen-bond donors (Lipinski definition) is 1. The Bertz CT molecular complexity index is 907. The average molecular weight is 341 g/mol. The molecule has 0 bridgehead atoms. The first-order chi connectivity index (χ1) is 11.6. The van der Waals surface area contributed by atoms with Crippen molar-refractivity contribution in [2.24, 2.45) is 0 Å². The molecule has 3 rings (SSSR count). The summed E-state index contributed by atoms with van der Waals surface area (Å²) in [5.74, 6) is -0.542. The van der Waals surface area contributed by atoms with E-state index in [1.165, 1.54) is 18.2 Å². The van der Waals surface area contributed by atoms with E-state index in [0.717, 1.165) is 16.5 Å². The first kappa shape index (κ1) is 16.1. The summed E-state index contributed by atoms with van der Waals surface area (Å²) in [5, 5.41) is 4.34. The van der Waals surface area contributed by atoms with Gasteiger partial charge in [0.25, 0.3) is 0 Å². The summed E-state index contributed by atoms with van der Waals surface area (Å²) in [6.45, 7) is 0.338. The second kappa shape index (κ2) is 7.23. The van der Waals surface area contributed by atoms with Crippen molar-refractivity contribution in [1.82, 2.24) is 10.3 Å². The van der Waals surface area contributed by atoms with Crippen LogP contribution in [0.2, 0.25) is 5.02 Å². The molecule has 0 saturated carbocycles. The second-order valence-corrected chi connectivity index (χ2v) is 5.69. The molecule has 0 fully saturated rings. The van der Waals surface area contributed by atoms with Crippen LogP contribution in [-0.2, 0) is 11.3 Å². The molecule has 24 heavy (non-hydrogen) atoms. The van der Waals surface area contributed by atoms with Crippen LogP contribution in [0.15, 0.2) is 60.7 Å². The average Bonchev–Trinajstić information content (AvgIpc) is 2.59.